The number of allylic oxidation sites excluding steroid dienone is 3. The fourth-order valence-corrected chi connectivity index (χ4v) is 1.91. The lowest BCUT2D eigenvalue weighted by Gasteiger charge is -2.16. The second-order valence-electron chi connectivity index (χ2n) is 4.86. The smallest absolute Gasteiger partial charge is 0.0803 e. The van der Waals surface area contributed by atoms with Gasteiger partial charge in [0.05, 0.1) is 6.10 Å². The van der Waals surface area contributed by atoms with Gasteiger partial charge in [0.2, 0.25) is 0 Å². The highest BCUT2D eigenvalue weighted by Gasteiger charge is 2.00. The molecule has 0 saturated carbocycles. The summed E-state index contributed by atoms with van der Waals surface area (Å²) in [7, 11) is 1.75. The monoisotopic (exact) mass is 276 g/mol. The Bertz CT molecular complexity index is 345. The van der Waals surface area contributed by atoms with Gasteiger partial charge in [0, 0.05) is 26.4 Å². The Balaban J connectivity index is 2.34. The molecule has 0 spiro atoms. The molecule has 3 nitrogen and oxygen atoms in total. The second-order valence-corrected chi connectivity index (χ2v) is 4.86. The van der Waals surface area contributed by atoms with Crippen molar-refractivity contribution in [2.75, 3.05) is 20.2 Å². The van der Waals surface area contributed by atoms with E-state index in [0.29, 0.717) is 0 Å². The minimum Gasteiger partial charge on any atom is -0.391 e. The highest BCUT2D eigenvalue weighted by atomic mass is 16.5. The number of ether oxygens (including phenoxy) is 1. The zero-order chi connectivity index (χ0) is 14.5. The van der Waals surface area contributed by atoms with Crippen molar-refractivity contribution < 1.29 is 4.74 Å². The van der Waals surface area contributed by atoms with Gasteiger partial charge in [0.1, 0.15) is 0 Å². The maximum Gasteiger partial charge on any atom is 0.0803 e. The molecule has 1 heterocycles. The first-order valence-corrected chi connectivity index (χ1v) is 7.55. The summed E-state index contributed by atoms with van der Waals surface area (Å²) < 4.78 is 5.44. The molecule has 0 saturated heterocycles. The van der Waals surface area contributed by atoms with Crippen LogP contribution in [0.25, 0.3) is 0 Å². The van der Waals surface area contributed by atoms with Gasteiger partial charge in [0.25, 0.3) is 0 Å². The zero-order valence-corrected chi connectivity index (χ0v) is 12.8. The minimum absolute atomic E-state index is 0.134. The quantitative estimate of drug-likeness (QED) is 0.686. The van der Waals surface area contributed by atoms with E-state index < -0.39 is 0 Å². The van der Waals surface area contributed by atoms with Crippen molar-refractivity contribution in [2.45, 2.75) is 38.7 Å². The number of nitrogens with zero attached hydrogens (tertiary/aromatic N) is 1. The molecule has 1 N–H and O–H groups in total. The third-order valence-corrected chi connectivity index (χ3v) is 3.10. The Morgan fingerprint density at radius 2 is 2.30 bits per heavy atom. The van der Waals surface area contributed by atoms with E-state index in [4.69, 9.17) is 4.74 Å². The topological polar surface area (TPSA) is 24.5 Å². The number of nitrogens with one attached hydrogen (secondary N) is 1. The summed E-state index contributed by atoms with van der Waals surface area (Å²) in [5.74, 6) is 0. The maximum atomic E-state index is 5.44. The van der Waals surface area contributed by atoms with Gasteiger partial charge in [-0.25, -0.2) is 0 Å². The second kappa shape index (κ2) is 11.4. The lowest BCUT2D eigenvalue weighted by Crippen LogP contribution is -2.13. The molecule has 1 unspecified atom stereocenters. The van der Waals surface area contributed by atoms with Gasteiger partial charge in [-0.05, 0) is 50.2 Å². The summed E-state index contributed by atoms with van der Waals surface area (Å²) in [5.41, 5.74) is 0. The Labute approximate surface area is 123 Å². The van der Waals surface area contributed by atoms with Gasteiger partial charge in [0.15, 0.2) is 0 Å². The van der Waals surface area contributed by atoms with Gasteiger partial charge in [-0.1, -0.05) is 25.2 Å². The molecular formula is C17H28N2O. The predicted octanol–water partition coefficient (Wildman–Crippen LogP) is 3.58. The lowest BCUT2D eigenvalue weighted by molar-refractivity contribution is 0.143. The molecule has 20 heavy (non-hydrogen) atoms. The number of hydrogen-bond donors (Lipinski definition) is 1. The van der Waals surface area contributed by atoms with E-state index in [9.17, 15) is 0 Å². The van der Waals surface area contributed by atoms with Gasteiger partial charge < -0.3 is 15.0 Å². The van der Waals surface area contributed by atoms with Gasteiger partial charge in [-0.3, -0.25) is 0 Å². The molecule has 3 heteroatoms. The largest absolute Gasteiger partial charge is 0.391 e. The summed E-state index contributed by atoms with van der Waals surface area (Å²) >= 11 is 0. The highest BCUT2D eigenvalue weighted by molar-refractivity contribution is 5.06. The molecule has 112 valence electrons. The molecule has 1 aliphatic heterocycles. The average Bonchev–Trinajstić information content (AvgIpc) is 2.43. The van der Waals surface area contributed by atoms with Crippen molar-refractivity contribution in [2.24, 2.45) is 0 Å². The van der Waals surface area contributed by atoms with Crippen LogP contribution < -0.4 is 5.32 Å². The van der Waals surface area contributed by atoms with Crippen LogP contribution in [0.15, 0.2) is 49.0 Å². The highest BCUT2D eigenvalue weighted by Crippen LogP contribution is 2.05. The normalized spacial score (nSPS) is 19.2. The Morgan fingerprint density at radius 1 is 1.40 bits per heavy atom. The van der Waals surface area contributed by atoms with Crippen molar-refractivity contribution in [1.82, 2.24) is 10.2 Å². The van der Waals surface area contributed by atoms with Crippen LogP contribution in [0.2, 0.25) is 0 Å². The van der Waals surface area contributed by atoms with Crippen molar-refractivity contribution >= 4 is 0 Å². The van der Waals surface area contributed by atoms with Crippen LogP contribution in [-0.2, 0) is 4.74 Å². The number of rotatable bonds is 8. The first-order chi connectivity index (χ1) is 9.86. The van der Waals surface area contributed by atoms with Crippen molar-refractivity contribution in [1.29, 1.82) is 0 Å². The van der Waals surface area contributed by atoms with E-state index >= 15 is 0 Å². The molecule has 0 aromatic carbocycles. The third-order valence-electron chi connectivity index (χ3n) is 3.10. The van der Waals surface area contributed by atoms with Crippen molar-refractivity contribution in [3.05, 3.63) is 49.0 Å². The Hall–Kier alpha value is -1.48. The standard InChI is InChI=1S/C17H28N2O/c1-3-12-18-13-11-17(20-2)10-9-16-19-14-7-5-4-6-8-15-19/h4-5,7,9,11,13-14,16-18H,3,6,8,10,12,15H2,1-2H3/b5-4?,13-11+,14-7-,16-9+. The van der Waals surface area contributed by atoms with Crippen LogP contribution in [0.3, 0.4) is 0 Å². The fraction of sp³-hybridized carbons (Fsp3) is 0.529. The van der Waals surface area contributed by atoms with Gasteiger partial charge in [-0.15, -0.1) is 0 Å². The van der Waals surface area contributed by atoms with Crippen LogP contribution in [0.5, 0.6) is 0 Å². The molecule has 0 aliphatic carbocycles. The Morgan fingerprint density at radius 3 is 3.10 bits per heavy atom. The molecule has 0 bridgehead atoms. The molecule has 1 aliphatic rings. The van der Waals surface area contributed by atoms with E-state index in [1.165, 1.54) is 6.42 Å². The summed E-state index contributed by atoms with van der Waals surface area (Å²) in [6, 6.07) is 0. The predicted molar refractivity (Wildman–Crippen MR) is 86.2 cm³/mol. The molecular weight excluding hydrogens is 248 g/mol. The SMILES string of the molecule is CCCN/C=C/C(C/C=C/N1/C=C\C=CCCC1)OC. The van der Waals surface area contributed by atoms with Crippen molar-refractivity contribution in [3.63, 3.8) is 0 Å². The van der Waals surface area contributed by atoms with Crippen molar-refractivity contribution in [3.8, 4) is 0 Å². The van der Waals surface area contributed by atoms with E-state index in [0.717, 1.165) is 32.4 Å². The zero-order valence-electron chi connectivity index (χ0n) is 12.8. The molecule has 0 aromatic rings. The summed E-state index contributed by atoms with van der Waals surface area (Å²) in [5, 5.41) is 3.24. The summed E-state index contributed by atoms with van der Waals surface area (Å²) in [6.07, 6.45) is 21.4. The fourth-order valence-electron chi connectivity index (χ4n) is 1.91. The number of methoxy groups -OCH3 is 1. The van der Waals surface area contributed by atoms with Crippen LogP contribution in [0, 0.1) is 0 Å². The first-order valence-electron chi connectivity index (χ1n) is 7.55. The third kappa shape index (κ3) is 7.85. The van der Waals surface area contributed by atoms with E-state index in [1.807, 2.05) is 6.20 Å². The average molecular weight is 276 g/mol. The summed E-state index contributed by atoms with van der Waals surface area (Å²) in [4.78, 5) is 2.23. The molecule has 1 atom stereocenters. The van der Waals surface area contributed by atoms with Gasteiger partial charge >= 0.3 is 0 Å². The van der Waals surface area contributed by atoms with E-state index in [1.54, 1.807) is 7.11 Å². The lowest BCUT2D eigenvalue weighted by atomic mass is 10.2. The van der Waals surface area contributed by atoms with Crippen LogP contribution in [0.1, 0.15) is 32.6 Å². The van der Waals surface area contributed by atoms with Gasteiger partial charge in [-0.2, -0.15) is 0 Å². The molecule has 0 radical (unpaired) electrons. The van der Waals surface area contributed by atoms with Crippen LogP contribution >= 0.6 is 0 Å². The molecule has 0 aromatic heterocycles. The van der Waals surface area contributed by atoms with Crippen LogP contribution in [-0.4, -0.2) is 31.2 Å². The molecule has 0 fully saturated rings. The van der Waals surface area contributed by atoms with E-state index in [2.05, 4.69) is 59.9 Å². The van der Waals surface area contributed by atoms with E-state index in [-0.39, 0.29) is 6.10 Å². The summed E-state index contributed by atoms with van der Waals surface area (Å²) in [6.45, 7) is 4.24. The Kier molecular flexibility index (Phi) is 9.41. The molecule has 0 amide bonds. The first kappa shape index (κ1) is 16.6. The number of hydrogen-bond acceptors (Lipinski definition) is 3. The maximum absolute atomic E-state index is 5.44. The molecule has 1 rings (SSSR count). The van der Waals surface area contributed by atoms with Crippen LogP contribution in [0.4, 0.5) is 0 Å². The minimum atomic E-state index is 0.134.